The monoisotopic (exact) mass is 509 g/mol. The summed E-state index contributed by atoms with van der Waals surface area (Å²) in [7, 11) is 1.45. The third kappa shape index (κ3) is 8.14. The number of amides is 3. The van der Waals surface area contributed by atoms with E-state index < -0.39 is 35.6 Å². The first kappa shape index (κ1) is 29.0. The minimum absolute atomic E-state index is 0.124. The molecule has 12 nitrogen and oxygen atoms in total. The van der Waals surface area contributed by atoms with Gasteiger partial charge in [-0.2, -0.15) is 0 Å². The number of anilines is 2. The highest BCUT2D eigenvalue weighted by atomic mass is 16.6. The van der Waals surface area contributed by atoms with Gasteiger partial charge in [-0.15, -0.1) is 0 Å². The van der Waals surface area contributed by atoms with Crippen LogP contribution in [-0.4, -0.2) is 95.5 Å². The van der Waals surface area contributed by atoms with Crippen LogP contribution < -0.4 is 9.80 Å². The number of ether oxygens (including phenoxy) is 3. The number of aromatic nitrogens is 1. The zero-order chi connectivity index (χ0) is 27.3. The number of carbonyl (C=O) groups excluding carboxylic acids is 3. The second-order valence-electron chi connectivity index (χ2n) is 10.4. The number of hydrogen-bond acceptors (Lipinski definition) is 9. The van der Waals surface area contributed by atoms with Gasteiger partial charge in [0.15, 0.2) is 0 Å². The van der Waals surface area contributed by atoms with E-state index in [-0.39, 0.29) is 19.7 Å². The maximum absolute atomic E-state index is 12.9. The summed E-state index contributed by atoms with van der Waals surface area (Å²) in [6.07, 6.45) is -0.907. The lowest BCUT2D eigenvalue weighted by atomic mass is 10.2. The molecule has 0 aliphatic carbocycles. The number of rotatable bonds is 7. The first-order chi connectivity index (χ1) is 16.6. The Kier molecular flexibility index (Phi) is 9.36. The van der Waals surface area contributed by atoms with Gasteiger partial charge in [-0.05, 0) is 60.6 Å². The van der Waals surface area contributed by atoms with E-state index in [9.17, 15) is 19.5 Å². The molecule has 2 rings (SSSR count). The van der Waals surface area contributed by atoms with E-state index in [4.69, 9.17) is 14.2 Å². The Hall–Kier alpha value is -3.28. The molecular formula is C24H39N5O7. The standard InChI is InChI=1S/C24H39N5O7/c1-9-27(19-11-10-17(14-25-19)28-15-18(16-30)34-21(28)32)12-13-29(22(33)36-24(5,6)7)26(8)20(31)35-23(2,3)4/h10-11,14,18,30H,9,12-13,15-16H2,1-8H3/t18-/m1/s1. The van der Waals surface area contributed by atoms with E-state index in [0.717, 1.165) is 5.01 Å². The molecule has 36 heavy (non-hydrogen) atoms. The van der Waals surface area contributed by atoms with Crippen molar-refractivity contribution in [2.75, 3.05) is 49.6 Å². The van der Waals surface area contributed by atoms with Gasteiger partial charge in [-0.25, -0.2) is 29.4 Å². The SMILES string of the molecule is CCN(CCN(C(=O)OC(C)(C)C)N(C)C(=O)OC(C)(C)C)c1ccc(N2C[C@H](CO)OC2=O)cn1. The summed E-state index contributed by atoms with van der Waals surface area (Å²) in [6.45, 7) is 13.5. The fraction of sp³-hybridized carbons (Fsp3) is 0.667. The molecule has 1 aliphatic heterocycles. The Labute approximate surface area is 212 Å². The van der Waals surface area contributed by atoms with Crippen LogP contribution in [0.5, 0.6) is 0 Å². The summed E-state index contributed by atoms with van der Waals surface area (Å²) < 4.78 is 16.0. The van der Waals surface area contributed by atoms with Crippen molar-refractivity contribution in [2.24, 2.45) is 0 Å². The quantitative estimate of drug-likeness (QED) is 0.435. The van der Waals surface area contributed by atoms with Crippen LogP contribution in [0.4, 0.5) is 25.9 Å². The Morgan fingerprint density at radius 1 is 1.11 bits per heavy atom. The molecule has 1 aromatic heterocycles. The average Bonchev–Trinajstić information content (AvgIpc) is 3.15. The van der Waals surface area contributed by atoms with Crippen molar-refractivity contribution in [2.45, 2.75) is 65.8 Å². The lowest BCUT2D eigenvalue weighted by Gasteiger charge is -2.35. The molecule has 12 heteroatoms. The first-order valence-corrected chi connectivity index (χ1v) is 11.9. The number of likely N-dealkylation sites (N-methyl/N-ethyl adjacent to an activating group) is 1. The summed E-state index contributed by atoms with van der Waals surface area (Å²) in [5, 5.41) is 11.5. The molecular weight excluding hydrogens is 470 g/mol. The molecule has 1 saturated heterocycles. The number of aliphatic hydroxyl groups is 1. The molecule has 0 aromatic carbocycles. The number of hydrazine groups is 1. The number of nitrogens with zero attached hydrogens (tertiary/aromatic N) is 5. The number of carbonyl (C=O) groups is 3. The van der Waals surface area contributed by atoms with E-state index in [1.54, 1.807) is 59.9 Å². The van der Waals surface area contributed by atoms with Gasteiger partial charge in [0.25, 0.3) is 0 Å². The van der Waals surface area contributed by atoms with Gasteiger partial charge in [-0.1, -0.05) is 0 Å². The molecule has 0 spiro atoms. The largest absolute Gasteiger partial charge is 0.442 e. The highest BCUT2D eigenvalue weighted by Gasteiger charge is 2.33. The number of pyridine rings is 1. The Balaban J connectivity index is 2.15. The second kappa shape index (κ2) is 11.6. The lowest BCUT2D eigenvalue weighted by molar-refractivity contribution is -0.0516. The maximum Gasteiger partial charge on any atom is 0.429 e. The van der Waals surface area contributed by atoms with E-state index in [1.165, 1.54) is 17.0 Å². The van der Waals surface area contributed by atoms with Crippen LogP contribution in [0, 0.1) is 0 Å². The van der Waals surface area contributed by atoms with Gasteiger partial charge in [0.1, 0.15) is 23.1 Å². The van der Waals surface area contributed by atoms with Gasteiger partial charge < -0.3 is 24.2 Å². The molecule has 1 aliphatic rings. The van der Waals surface area contributed by atoms with E-state index in [1.807, 2.05) is 11.8 Å². The predicted molar refractivity (Wildman–Crippen MR) is 134 cm³/mol. The summed E-state index contributed by atoms with van der Waals surface area (Å²) in [5.74, 6) is 0.622. The topological polar surface area (TPSA) is 125 Å². The van der Waals surface area contributed by atoms with Crippen molar-refractivity contribution in [1.29, 1.82) is 0 Å². The van der Waals surface area contributed by atoms with Crippen molar-refractivity contribution in [3.05, 3.63) is 18.3 Å². The number of aliphatic hydroxyl groups excluding tert-OH is 1. The van der Waals surface area contributed by atoms with Crippen LogP contribution >= 0.6 is 0 Å². The van der Waals surface area contributed by atoms with Gasteiger partial charge in [0.2, 0.25) is 0 Å². The van der Waals surface area contributed by atoms with Crippen molar-refractivity contribution in [3.8, 4) is 0 Å². The summed E-state index contributed by atoms with van der Waals surface area (Å²) in [5.41, 5.74) is -0.932. The van der Waals surface area contributed by atoms with Crippen LogP contribution in [0.1, 0.15) is 48.5 Å². The van der Waals surface area contributed by atoms with Crippen LogP contribution in [0.25, 0.3) is 0 Å². The molecule has 1 fully saturated rings. The molecule has 1 atom stereocenters. The van der Waals surface area contributed by atoms with E-state index in [2.05, 4.69) is 4.98 Å². The third-order valence-corrected chi connectivity index (χ3v) is 5.03. The Morgan fingerprint density at radius 3 is 2.19 bits per heavy atom. The highest BCUT2D eigenvalue weighted by Crippen LogP contribution is 2.23. The number of hydrogen-bond donors (Lipinski definition) is 1. The van der Waals surface area contributed by atoms with Gasteiger partial charge in [-0.3, -0.25) is 4.90 Å². The minimum Gasteiger partial charge on any atom is -0.442 e. The zero-order valence-corrected chi connectivity index (χ0v) is 22.5. The van der Waals surface area contributed by atoms with Crippen LogP contribution in [0.15, 0.2) is 18.3 Å². The molecule has 0 radical (unpaired) electrons. The second-order valence-corrected chi connectivity index (χ2v) is 10.4. The molecule has 202 valence electrons. The molecule has 3 amide bonds. The van der Waals surface area contributed by atoms with Crippen LogP contribution in [0.3, 0.4) is 0 Å². The third-order valence-electron chi connectivity index (χ3n) is 5.03. The fourth-order valence-electron chi connectivity index (χ4n) is 3.31. The van der Waals surface area contributed by atoms with Gasteiger partial charge in [0, 0.05) is 20.1 Å². The lowest BCUT2D eigenvalue weighted by Crippen LogP contribution is -2.53. The molecule has 0 unspecified atom stereocenters. The summed E-state index contributed by atoms with van der Waals surface area (Å²) in [4.78, 5) is 45.4. The van der Waals surface area contributed by atoms with Crippen LogP contribution in [0.2, 0.25) is 0 Å². The normalized spacial score (nSPS) is 15.9. The van der Waals surface area contributed by atoms with Gasteiger partial charge >= 0.3 is 18.3 Å². The van der Waals surface area contributed by atoms with Crippen molar-refractivity contribution < 1.29 is 33.7 Å². The van der Waals surface area contributed by atoms with E-state index >= 15 is 0 Å². The van der Waals surface area contributed by atoms with Crippen LogP contribution in [-0.2, 0) is 14.2 Å². The van der Waals surface area contributed by atoms with Crippen molar-refractivity contribution >= 4 is 29.8 Å². The van der Waals surface area contributed by atoms with Crippen molar-refractivity contribution in [1.82, 2.24) is 15.0 Å². The van der Waals surface area contributed by atoms with Gasteiger partial charge in [0.05, 0.1) is 31.6 Å². The number of cyclic esters (lactones) is 1. The van der Waals surface area contributed by atoms with Crippen molar-refractivity contribution in [3.63, 3.8) is 0 Å². The zero-order valence-electron chi connectivity index (χ0n) is 22.5. The molecule has 1 aromatic rings. The molecule has 1 N–H and O–H groups in total. The average molecular weight is 510 g/mol. The minimum atomic E-state index is -0.752. The Bertz CT molecular complexity index is 911. The highest BCUT2D eigenvalue weighted by molar-refractivity contribution is 5.89. The fourth-order valence-corrected chi connectivity index (χ4v) is 3.31. The Morgan fingerprint density at radius 2 is 1.72 bits per heavy atom. The molecule has 2 heterocycles. The predicted octanol–water partition coefficient (Wildman–Crippen LogP) is 3.24. The summed E-state index contributed by atoms with van der Waals surface area (Å²) in [6, 6.07) is 3.50. The molecule has 0 bridgehead atoms. The smallest absolute Gasteiger partial charge is 0.429 e. The summed E-state index contributed by atoms with van der Waals surface area (Å²) >= 11 is 0. The first-order valence-electron chi connectivity index (χ1n) is 11.9. The van der Waals surface area contributed by atoms with E-state index in [0.29, 0.717) is 24.6 Å². The maximum atomic E-state index is 12.9. The molecule has 0 saturated carbocycles.